The SMILES string of the molecule is C=Cc1cccc([SiH](OC(=O)CC)OC(=O)CC)c1. The van der Waals surface area contributed by atoms with Gasteiger partial charge in [-0.3, -0.25) is 9.59 Å². The van der Waals surface area contributed by atoms with Crippen LogP contribution < -0.4 is 5.19 Å². The lowest BCUT2D eigenvalue weighted by molar-refractivity contribution is -0.139. The molecule has 0 bridgehead atoms. The Kier molecular flexibility index (Phi) is 6.01. The van der Waals surface area contributed by atoms with Gasteiger partial charge in [0.05, 0.1) is 0 Å². The summed E-state index contributed by atoms with van der Waals surface area (Å²) >= 11 is 0. The highest BCUT2D eigenvalue weighted by Crippen LogP contribution is 2.03. The molecule has 0 spiro atoms. The van der Waals surface area contributed by atoms with Crippen LogP contribution in [0.15, 0.2) is 30.8 Å². The average molecular weight is 278 g/mol. The number of rotatable bonds is 6. The van der Waals surface area contributed by atoms with Crippen molar-refractivity contribution in [1.29, 1.82) is 0 Å². The van der Waals surface area contributed by atoms with Crippen LogP contribution in [-0.2, 0) is 18.4 Å². The highest BCUT2D eigenvalue weighted by atomic mass is 28.3. The Morgan fingerprint density at radius 2 is 1.79 bits per heavy atom. The van der Waals surface area contributed by atoms with Crippen LogP contribution >= 0.6 is 0 Å². The molecular weight excluding hydrogens is 260 g/mol. The average Bonchev–Trinajstić information content (AvgIpc) is 2.46. The predicted molar refractivity (Wildman–Crippen MR) is 76.1 cm³/mol. The van der Waals surface area contributed by atoms with E-state index in [1.165, 1.54) is 0 Å². The zero-order chi connectivity index (χ0) is 14.3. The van der Waals surface area contributed by atoms with E-state index in [0.29, 0.717) is 0 Å². The van der Waals surface area contributed by atoms with E-state index in [-0.39, 0.29) is 24.8 Å². The number of hydrogen-bond acceptors (Lipinski definition) is 4. The molecule has 1 aromatic carbocycles. The van der Waals surface area contributed by atoms with Crippen molar-refractivity contribution < 1.29 is 18.4 Å². The van der Waals surface area contributed by atoms with E-state index in [2.05, 4.69) is 6.58 Å². The Balaban J connectivity index is 2.96. The lowest BCUT2D eigenvalue weighted by Gasteiger charge is -2.16. The standard InChI is InChI=1S/C14H18O4Si/c1-4-11-8-7-9-12(10-11)19(17-13(15)5-2)18-14(16)6-3/h4,7-10,19H,1,5-6H2,2-3H3. The summed E-state index contributed by atoms with van der Waals surface area (Å²) in [5.41, 5.74) is 0.898. The molecule has 0 heterocycles. The molecule has 102 valence electrons. The Bertz CT molecular complexity index is 452. The number of hydrogen-bond donors (Lipinski definition) is 0. The summed E-state index contributed by atoms with van der Waals surface area (Å²) in [5, 5.41) is 0.751. The molecule has 0 atom stereocenters. The van der Waals surface area contributed by atoms with E-state index < -0.39 is 9.28 Å². The minimum atomic E-state index is -2.53. The summed E-state index contributed by atoms with van der Waals surface area (Å²) in [5.74, 6) is -0.714. The summed E-state index contributed by atoms with van der Waals surface area (Å²) in [6.07, 6.45) is 2.21. The van der Waals surface area contributed by atoms with E-state index in [1.807, 2.05) is 18.2 Å². The van der Waals surface area contributed by atoms with Crippen molar-refractivity contribution in [3.63, 3.8) is 0 Å². The highest BCUT2D eigenvalue weighted by Gasteiger charge is 2.24. The summed E-state index contributed by atoms with van der Waals surface area (Å²) in [6, 6.07) is 7.34. The van der Waals surface area contributed by atoms with Gasteiger partial charge in [0, 0.05) is 18.0 Å². The Hall–Kier alpha value is -1.88. The van der Waals surface area contributed by atoms with Crippen molar-refractivity contribution in [1.82, 2.24) is 0 Å². The van der Waals surface area contributed by atoms with Crippen molar-refractivity contribution in [3.8, 4) is 0 Å². The minimum Gasteiger partial charge on any atom is -0.484 e. The molecule has 0 amide bonds. The second-order valence-electron chi connectivity index (χ2n) is 3.89. The molecule has 0 saturated heterocycles. The predicted octanol–water partition coefficient (Wildman–Crippen LogP) is 1.66. The van der Waals surface area contributed by atoms with E-state index in [4.69, 9.17) is 8.85 Å². The first-order chi connectivity index (χ1) is 9.10. The van der Waals surface area contributed by atoms with Crippen LogP contribution in [0.1, 0.15) is 32.3 Å². The number of carbonyl (C=O) groups excluding carboxylic acids is 2. The fourth-order valence-corrected chi connectivity index (χ4v) is 3.13. The number of benzene rings is 1. The lowest BCUT2D eigenvalue weighted by atomic mass is 10.2. The molecule has 4 nitrogen and oxygen atoms in total. The normalized spacial score (nSPS) is 10.1. The first-order valence-electron chi connectivity index (χ1n) is 6.22. The first kappa shape index (κ1) is 15.2. The third-order valence-electron chi connectivity index (χ3n) is 2.47. The maximum Gasteiger partial charge on any atom is 0.483 e. The van der Waals surface area contributed by atoms with E-state index in [0.717, 1.165) is 10.8 Å². The maximum absolute atomic E-state index is 11.4. The highest BCUT2D eigenvalue weighted by molar-refractivity contribution is 6.64. The van der Waals surface area contributed by atoms with Gasteiger partial charge in [0.1, 0.15) is 0 Å². The van der Waals surface area contributed by atoms with Crippen LogP contribution in [0.25, 0.3) is 6.08 Å². The largest absolute Gasteiger partial charge is 0.484 e. The molecule has 0 unspecified atom stereocenters. The van der Waals surface area contributed by atoms with Gasteiger partial charge >= 0.3 is 9.28 Å². The van der Waals surface area contributed by atoms with E-state index in [9.17, 15) is 9.59 Å². The molecule has 0 aliphatic carbocycles. The van der Waals surface area contributed by atoms with Crippen LogP contribution in [0.2, 0.25) is 0 Å². The summed E-state index contributed by atoms with van der Waals surface area (Å²) < 4.78 is 10.6. The topological polar surface area (TPSA) is 52.6 Å². The molecule has 0 aromatic heterocycles. The molecule has 1 aromatic rings. The minimum absolute atomic E-state index is 0.258. The zero-order valence-electron chi connectivity index (χ0n) is 11.2. The van der Waals surface area contributed by atoms with E-state index >= 15 is 0 Å². The van der Waals surface area contributed by atoms with Crippen molar-refractivity contribution in [2.45, 2.75) is 26.7 Å². The van der Waals surface area contributed by atoms with Gasteiger partial charge in [-0.05, 0) is 11.6 Å². The Morgan fingerprint density at radius 1 is 1.21 bits per heavy atom. The number of carbonyl (C=O) groups is 2. The van der Waals surface area contributed by atoms with E-state index in [1.54, 1.807) is 26.0 Å². The Morgan fingerprint density at radius 3 is 2.26 bits per heavy atom. The van der Waals surface area contributed by atoms with Gasteiger partial charge in [-0.15, -0.1) is 0 Å². The first-order valence-corrected chi connectivity index (χ1v) is 7.74. The van der Waals surface area contributed by atoms with Gasteiger partial charge in [0.2, 0.25) is 0 Å². The van der Waals surface area contributed by atoms with Crippen LogP contribution in [0.3, 0.4) is 0 Å². The quantitative estimate of drug-likeness (QED) is 0.743. The fraction of sp³-hybridized carbons (Fsp3) is 0.286. The second-order valence-corrected chi connectivity index (χ2v) is 5.69. The Labute approximate surface area is 114 Å². The summed E-state index contributed by atoms with van der Waals surface area (Å²) in [7, 11) is -2.53. The van der Waals surface area contributed by atoms with Crippen molar-refractivity contribution in [2.24, 2.45) is 0 Å². The van der Waals surface area contributed by atoms with Gasteiger partial charge in [0.25, 0.3) is 11.9 Å². The van der Waals surface area contributed by atoms with Gasteiger partial charge in [-0.2, -0.15) is 0 Å². The van der Waals surface area contributed by atoms with Gasteiger partial charge in [0.15, 0.2) is 0 Å². The molecule has 0 aliphatic heterocycles. The van der Waals surface area contributed by atoms with Gasteiger partial charge < -0.3 is 8.85 Å². The molecule has 0 radical (unpaired) electrons. The molecule has 0 fully saturated rings. The molecule has 0 aliphatic rings. The molecule has 5 heteroatoms. The van der Waals surface area contributed by atoms with Gasteiger partial charge in [-0.25, -0.2) is 0 Å². The van der Waals surface area contributed by atoms with Crippen LogP contribution in [0.5, 0.6) is 0 Å². The summed E-state index contributed by atoms with van der Waals surface area (Å²) in [4.78, 5) is 22.8. The lowest BCUT2D eigenvalue weighted by Crippen LogP contribution is -2.40. The van der Waals surface area contributed by atoms with Gasteiger partial charge in [-0.1, -0.05) is 44.7 Å². The van der Waals surface area contributed by atoms with Crippen LogP contribution in [0, 0.1) is 0 Å². The van der Waals surface area contributed by atoms with Crippen molar-refractivity contribution in [2.75, 3.05) is 0 Å². The second kappa shape index (κ2) is 7.53. The van der Waals surface area contributed by atoms with Crippen LogP contribution in [0.4, 0.5) is 0 Å². The smallest absolute Gasteiger partial charge is 0.483 e. The monoisotopic (exact) mass is 278 g/mol. The zero-order valence-corrected chi connectivity index (χ0v) is 12.4. The van der Waals surface area contributed by atoms with Crippen molar-refractivity contribution in [3.05, 3.63) is 36.4 Å². The molecule has 19 heavy (non-hydrogen) atoms. The van der Waals surface area contributed by atoms with Crippen LogP contribution in [-0.4, -0.2) is 21.2 Å². The summed E-state index contributed by atoms with van der Waals surface area (Å²) in [6.45, 7) is 7.09. The molecular formula is C14H18O4Si. The molecule has 1 rings (SSSR count). The maximum atomic E-state index is 11.4. The third kappa shape index (κ3) is 4.71. The van der Waals surface area contributed by atoms with Crippen molar-refractivity contribution >= 4 is 32.5 Å². The molecule has 0 N–H and O–H groups in total. The fourth-order valence-electron chi connectivity index (χ4n) is 1.40. The third-order valence-corrected chi connectivity index (χ3v) is 4.33. The molecule has 0 saturated carbocycles.